The van der Waals surface area contributed by atoms with Crippen molar-refractivity contribution in [3.63, 3.8) is 0 Å². The zero-order valence-corrected chi connectivity index (χ0v) is 19.7. The van der Waals surface area contributed by atoms with Crippen LogP contribution in [0.25, 0.3) is 0 Å². The van der Waals surface area contributed by atoms with Crippen molar-refractivity contribution >= 4 is 33.3 Å². The van der Waals surface area contributed by atoms with E-state index in [2.05, 4.69) is 5.32 Å². The normalized spacial score (nSPS) is 10.9. The van der Waals surface area contributed by atoms with Crippen LogP contribution in [0.3, 0.4) is 0 Å². The molecule has 0 spiro atoms. The highest BCUT2D eigenvalue weighted by molar-refractivity contribution is 7.92. The van der Waals surface area contributed by atoms with Crippen LogP contribution in [0.1, 0.15) is 24.2 Å². The quantitative estimate of drug-likeness (QED) is 0.437. The van der Waals surface area contributed by atoms with Crippen LogP contribution in [0, 0.1) is 0 Å². The first-order valence-corrected chi connectivity index (χ1v) is 12.2. The summed E-state index contributed by atoms with van der Waals surface area (Å²) in [4.78, 5) is 25.0. The zero-order valence-electron chi connectivity index (χ0n) is 18.9. The lowest BCUT2D eigenvalue weighted by Crippen LogP contribution is -2.38. The Morgan fingerprint density at radius 1 is 0.882 bits per heavy atom. The largest absolute Gasteiger partial charge is 0.492 e. The Balaban J connectivity index is 1.93. The second kappa shape index (κ2) is 11.3. The van der Waals surface area contributed by atoms with Crippen molar-refractivity contribution in [1.29, 1.82) is 0 Å². The summed E-state index contributed by atoms with van der Waals surface area (Å²) in [6.45, 7) is 3.52. The zero-order chi connectivity index (χ0) is 24.6. The number of carbonyl (C=O) groups excluding carboxylic acids is 2. The fraction of sp³-hybridized carbons (Fsp3) is 0.200. The molecule has 0 aliphatic carbocycles. The van der Waals surface area contributed by atoms with Crippen LogP contribution >= 0.6 is 0 Å². The summed E-state index contributed by atoms with van der Waals surface area (Å²) in [7, 11) is -4.09. The lowest BCUT2D eigenvalue weighted by Gasteiger charge is -2.26. The van der Waals surface area contributed by atoms with Gasteiger partial charge in [0.15, 0.2) is 0 Å². The Bertz CT molecular complexity index is 1250. The second-order valence-electron chi connectivity index (χ2n) is 7.07. The van der Waals surface area contributed by atoms with E-state index in [4.69, 9.17) is 9.47 Å². The lowest BCUT2D eigenvalue weighted by molar-refractivity contribution is -0.114. The van der Waals surface area contributed by atoms with Gasteiger partial charge in [0.25, 0.3) is 10.0 Å². The predicted octanol–water partition coefficient (Wildman–Crippen LogP) is 4.10. The summed E-state index contributed by atoms with van der Waals surface area (Å²) >= 11 is 0. The van der Waals surface area contributed by atoms with E-state index in [9.17, 15) is 18.0 Å². The summed E-state index contributed by atoms with van der Waals surface area (Å²) in [6, 6.07) is 20.7. The van der Waals surface area contributed by atoms with Gasteiger partial charge in [0.1, 0.15) is 12.3 Å². The molecule has 0 radical (unpaired) electrons. The highest BCUT2D eigenvalue weighted by Crippen LogP contribution is 2.32. The van der Waals surface area contributed by atoms with E-state index in [1.54, 1.807) is 74.5 Å². The van der Waals surface area contributed by atoms with Gasteiger partial charge in [0.05, 0.1) is 29.4 Å². The molecule has 0 aliphatic rings. The van der Waals surface area contributed by atoms with Gasteiger partial charge < -0.3 is 14.8 Å². The molecule has 0 saturated carbocycles. The summed E-state index contributed by atoms with van der Waals surface area (Å²) in [5.41, 5.74) is 0.851. The SMILES string of the molecule is CCOC(=O)c1cccc(NC(=O)CN(c2ccccc2OCC)S(=O)(=O)c2ccccc2)c1. The molecule has 3 aromatic carbocycles. The first-order valence-electron chi connectivity index (χ1n) is 10.7. The van der Waals surface area contributed by atoms with Crippen LogP contribution in [-0.4, -0.2) is 40.1 Å². The number of hydrogen-bond acceptors (Lipinski definition) is 6. The number of carbonyl (C=O) groups is 2. The van der Waals surface area contributed by atoms with Crippen LogP contribution in [0.15, 0.2) is 83.8 Å². The van der Waals surface area contributed by atoms with Crippen LogP contribution < -0.4 is 14.4 Å². The molecular weight excluding hydrogens is 456 g/mol. The molecule has 0 fully saturated rings. The number of anilines is 2. The minimum absolute atomic E-state index is 0.0402. The molecule has 178 valence electrons. The molecule has 9 heteroatoms. The maximum absolute atomic E-state index is 13.5. The molecule has 1 amide bonds. The molecule has 3 rings (SSSR count). The number of amides is 1. The average Bonchev–Trinajstić information content (AvgIpc) is 2.84. The molecule has 0 heterocycles. The minimum atomic E-state index is -4.09. The lowest BCUT2D eigenvalue weighted by atomic mass is 10.2. The summed E-state index contributed by atoms with van der Waals surface area (Å²) in [6.07, 6.45) is 0. The topological polar surface area (TPSA) is 102 Å². The Hall–Kier alpha value is -3.85. The number of nitrogens with one attached hydrogen (secondary N) is 1. The Morgan fingerprint density at radius 2 is 1.59 bits per heavy atom. The number of hydrogen-bond donors (Lipinski definition) is 1. The Morgan fingerprint density at radius 3 is 2.29 bits per heavy atom. The molecular formula is C25H26N2O6S. The second-order valence-corrected chi connectivity index (χ2v) is 8.94. The van der Waals surface area contributed by atoms with Gasteiger partial charge in [0, 0.05) is 5.69 Å². The van der Waals surface area contributed by atoms with Crippen molar-refractivity contribution in [1.82, 2.24) is 0 Å². The van der Waals surface area contributed by atoms with Crippen molar-refractivity contribution in [2.45, 2.75) is 18.7 Å². The third-order valence-electron chi connectivity index (χ3n) is 4.71. The first-order chi connectivity index (χ1) is 16.4. The summed E-state index contributed by atoms with van der Waals surface area (Å²) in [5, 5.41) is 2.66. The van der Waals surface area contributed by atoms with Gasteiger partial charge in [-0.25, -0.2) is 13.2 Å². The average molecular weight is 483 g/mol. The van der Waals surface area contributed by atoms with E-state index < -0.39 is 28.4 Å². The summed E-state index contributed by atoms with van der Waals surface area (Å²) < 4.78 is 38.7. The number of benzene rings is 3. The number of esters is 1. The molecule has 3 aromatic rings. The van der Waals surface area contributed by atoms with E-state index in [0.717, 1.165) is 4.31 Å². The van der Waals surface area contributed by atoms with Gasteiger partial charge in [-0.05, 0) is 56.3 Å². The van der Waals surface area contributed by atoms with Crippen LogP contribution in [-0.2, 0) is 19.6 Å². The standard InChI is InChI=1S/C25H26N2O6S/c1-3-32-23-16-9-8-15-22(23)27(34(30,31)21-13-6-5-7-14-21)18-24(28)26-20-12-10-11-19(17-20)25(29)33-4-2/h5-17H,3-4,18H2,1-2H3,(H,26,28). The number of ether oxygens (including phenoxy) is 2. The van der Waals surface area contributed by atoms with Gasteiger partial charge in [0.2, 0.25) is 5.91 Å². The van der Waals surface area contributed by atoms with Crippen molar-refractivity contribution in [3.8, 4) is 5.75 Å². The monoisotopic (exact) mass is 482 g/mol. The van der Waals surface area contributed by atoms with Gasteiger partial charge in [-0.1, -0.05) is 36.4 Å². The molecule has 0 saturated heterocycles. The van der Waals surface area contributed by atoms with Crippen LogP contribution in [0.5, 0.6) is 5.75 Å². The van der Waals surface area contributed by atoms with Crippen molar-refractivity contribution in [2.75, 3.05) is 29.4 Å². The molecule has 0 unspecified atom stereocenters. The highest BCUT2D eigenvalue weighted by atomic mass is 32.2. The van der Waals surface area contributed by atoms with Crippen molar-refractivity contribution < 1.29 is 27.5 Å². The maximum Gasteiger partial charge on any atom is 0.338 e. The Labute approximate surface area is 199 Å². The number of rotatable bonds is 10. The molecule has 34 heavy (non-hydrogen) atoms. The van der Waals surface area contributed by atoms with Crippen LogP contribution in [0.2, 0.25) is 0 Å². The first kappa shape index (κ1) is 24.8. The van der Waals surface area contributed by atoms with E-state index in [1.165, 1.54) is 18.2 Å². The van der Waals surface area contributed by atoms with Gasteiger partial charge in [-0.2, -0.15) is 0 Å². The van der Waals surface area contributed by atoms with E-state index in [-0.39, 0.29) is 22.8 Å². The molecule has 0 atom stereocenters. The molecule has 0 aliphatic heterocycles. The highest BCUT2D eigenvalue weighted by Gasteiger charge is 2.29. The van der Waals surface area contributed by atoms with E-state index in [0.29, 0.717) is 18.0 Å². The molecule has 0 aromatic heterocycles. The van der Waals surface area contributed by atoms with Gasteiger partial charge >= 0.3 is 5.97 Å². The minimum Gasteiger partial charge on any atom is -0.492 e. The molecule has 0 bridgehead atoms. The van der Waals surface area contributed by atoms with Crippen molar-refractivity contribution in [3.05, 3.63) is 84.4 Å². The maximum atomic E-state index is 13.5. The van der Waals surface area contributed by atoms with E-state index in [1.807, 2.05) is 0 Å². The van der Waals surface area contributed by atoms with Gasteiger partial charge in [-0.3, -0.25) is 9.10 Å². The Kier molecular flexibility index (Phi) is 8.26. The number of nitrogens with zero attached hydrogens (tertiary/aromatic N) is 1. The fourth-order valence-corrected chi connectivity index (χ4v) is 4.68. The van der Waals surface area contributed by atoms with Gasteiger partial charge in [-0.15, -0.1) is 0 Å². The molecule has 1 N–H and O–H groups in total. The third kappa shape index (κ3) is 5.93. The van der Waals surface area contributed by atoms with Crippen LogP contribution in [0.4, 0.5) is 11.4 Å². The third-order valence-corrected chi connectivity index (χ3v) is 6.48. The number of para-hydroxylation sites is 2. The smallest absolute Gasteiger partial charge is 0.338 e. The van der Waals surface area contributed by atoms with Crippen molar-refractivity contribution in [2.24, 2.45) is 0 Å². The summed E-state index contributed by atoms with van der Waals surface area (Å²) in [5.74, 6) is -0.772. The fourth-order valence-electron chi connectivity index (χ4n) is 3.23. The predicted molar refractivity (Wildman–Crippen MR) is 130 cm³/mol. The molecule has 8 nitrogen and oxygen atoms in total. The number of sulfonamides is 1. The van der Waals surface area contributed by atoms with E-state index >= 15 is 0 Å².